The molecule has 1 aromatic heterocycles. The van der Waals surface area contributed by atoms with E-state index in [4.69, 9.17) is 0 Å². The summed E-state index contributed by atoms with van der Waals surface area (Å²) in [6, 6.07) is 18.0. The molecule has 0 radical (unpaired) electrons. The molecular formula is C18H13F3N2. The number of rotatable bonds is 3. The Hall–Kier alpha value is -2.82. The van der Waals surface area contributed by atoms with E-state index < -0.39 is 11.7 Å². The molecule has 0 spiro atoms. The molecule has 0 fully saturated rings. The van der Waals surface area contributed by atoms with E-state index in [-0.39, 0.29) is 0 Å². The first-order valence-electron chi connectivity index (χ1n) is 6.99. The first kappa shape index (κ1) is 15.1. The Balaban J connectivity index is 2.08. The van der Waals surface area contributed by atoms with E-state index in [1.807, 2.05) is 18.2 Å². The maximum Gasteiger partial charge on any atom is 0.416 e. The van der Waals surface area contributed by atoms with Gasteiger partial charge in [0.05, 0.1) is 11.3 Å². The van der Waals surface area contributed by atoms with Crippen LogP contribution in [-0.2, 0) is 6.18 Å². The van der Waals surface area contributed by atoms with Crippen molar-refractivity contribution in [1.82, 2.24) is 4.98 Å². The van der Waals surface area contributed by atoms with Gasteiger partial charge < -0.3 is 5.32 Å². The predicted octanol–water partition coefficient (Wildman–Crippen LogP) is 5.51. The summed E-state index contributed by atoms with van der Waals surface area (Å²) in [4.78, 5) is 4.22. The third-order valence-corrected chi connectivity index (χ3v) is 3.34. The fraction of sp³-hybridized carbons (Fsp3) is 0.0556. The molecule has 3 rings (SSSR count). The second-order valence-electron chi connectivity index (χ2n) is 4.96. The van der Waals surface area contributed by atoms with Gasteiger partial charge in [-0.25, -0.2) is 0 Å². The standard InChI is InChI=1S/C18H13F3N2/c19-18(20,21)13-9-10-15(16-8-4-5-11-22-16)17(12-13)23-14-6-2-1-3-7-14/h1-12,23H. The topological polar surface area (TPSA) is 24.9 Å². The molecule has 1 N–H and O–H groups in total. The molecule has 3 aromatic rings. The minimum Gasteiger partial charge on any atom is -0.355 e. The minimum absolute atomic E-state index is 0.365. The fourth-order valence-electron chi connectivity index (χ4n) is 2.25. The Bertz CT molecular complexity index is 784. The highest BCUT2D eigenvalue weighted by Gasteiger charge is 2.31. The molecule has 0 saturated carbocycles. The molecule has 0 aliphatic heterocycles. The maximum atomic E-state index is 13.0. The second kappa shape index (κ2) is 6.12. The van der Waals surface area contributed by atoms with Gasteiger partial charge in [-0.05, 0) is 36.4 Å². The monoisotopic (exact) mass is 314 g/mol. The lowest BCUT2D eigenvalue weighted by atomic mass is 10.0. The number of hydrogen-bond acceptors (Lipinski definition) is 2. The lowest BCUT2D eigenvalue weighted by molar-refractivity contribution is -0.137. The van der Waals surface area contributed by atoms with Crippen molar-refractivity contribution in [2.45, 2.75) is 6.18 Å². The van der Waals surface area contributed by atoms with E-state index >= 15 is 0 Å². The quantitative estimate of drug-likeness (QED) is 0.689. The number of halogens is 3. The molecule has 23 heavy (non-hydrogen) atoms. The van der Waals surface area contributed by atoms with E-state index in [1.165, 1.54) is 6.07 Å². The highest BCUT2D eigenvalue weighted by atomic mass is 19.4. The summed E-state index contributed by atoms with van der Waals surface area (Å²) >= 11 is 0. The Morgan fingerprint density at radius 2 is 1.57 bits per heavy atom. The predicted molar refractivity (Wildman–Crippen MR) is 84.4 cm³/mol. The molecule has 0 bridgehead atoms. The third-order valence-electron chi connectivity index (χ3n) is 3.34. The van der Waals surface area contributed by atoms with Crippen LogP contribution >= 0.6 is 0 Å². The molecule has 2 aromatic carbocycles. The third kappa shape index (κ3) is 3.51. The van der Waals surface area contributed by atoms with Crippen molar-refractivity contribution in [3.05, 3.63) is 78.5 Å². The van der Waals surface area contributed by atoms with Crippen LogP contribution in [-0.4, -0.2) is 4.98 Å². The minimum atomic E-state index is -4.39. The Morgan fingerprint density at radius 3 is 2.22 bits per heavy atom. The molecular weight excluding hydrogens is 301 g/mol. The van der Waals surface area contributed by atoms with E-state index in [1.54, 1.807) is 36.5 Å². The van der Waals surface area contributed by atoms with E-state index in [9.17, 15) is 13.2 Å². The van der Waals surface area contributed by atoms with Crippen molar-refractivity contribution in [2.75, 3.05) is 5.32 Å². The van der Waals surface area contributed by atoms with Crippen molar-refractivity contribution >= 4 is 11.4 Å². The molecule has 0 aliphatic rings. The van der Waals surface area contributed by atoms with Crippen LogP contribution in [0.4, 0.5) is 24.5 Å². The van der Waals surface area contributed by atoms with Crippen LogP contribution in [0.1, 0.15) is 5.56 Å². The zero-order chi connectivity index (χ0) is 16.3. The highest BCUT2D eigenvalue weighted by molar-refractivity contribution is 5.79. The highest BCUT2D eigenvalue weighted by Crippen LogP contribution is 2.36. The number of nitrogens with zero attached hydrogens (tertiary/aromatic N) is 1. The number of aromatic nitrogens is 1. The molecule has 5 heteroatoms. The smallest absolute Gasteiger partial charge is 0.355 e. The summed E-state index contributed by atoms with van der Waals surface area (Å²) in [5.74, 6) is 0. The zero-order valence-corrected chi connectivity index (χ0v) is 12.0. The summed E-state index contributed by atoms with van der Waals surface area (Å²) in [5.41, 5.74) is 1.60. The molecule has 116 valence electrons. The second-order valence-corrected chi connectivity index (χ2v) is 4.96. The van der Waals surface area contributed by atoms with Crippen LogP contribution < -0.4 is 5.32 Å². The maximum absolute atomic E-state index is 13.0. The van der Waals surface area contributed by atoms with Crippen molar-refractivity contribution < 1.29 is 13.2 Å². The molecule has 0 saturated heterocycles. The van der Waals surface area contributed by atoms with Gasteiger partial charge in [0, 0.05) is 23.1 Å². The molecule has 0 aliphatic carbocycles. The van der Waals surface area contributed by atoms with Crippen LogP contribution in [0.15, 0.2) is 72.9 Å². The number of alkyl halides is 3. The summed E-state index contributed by atoms with van der Waals surface area (Å²) in [6.45, 7) is 0. The van der Waals surface area contributed by atoms with E-state index in [0.717, 1.165) is 12.1 Å². The summed E-state index contributed by atoms with van der Waals surface area (Å²) in [6.07, 6.45) is -2.78. The van der Waals surface area contributed by atoms with Crippen LogP contribution in [0.3, 0.4) is 0 Å². The Morgan fingerprint density at radius 1 is 0.826 bits per heavy atom. The molecule has 0 amide bonds. The van der Waals surface area contributed by atoms with Gasteiger partial charge in [-0.15, -0.1) is 0 Å². The average molecular weight is 314 g/mol. The normalized spacial score (nSPS) is 11.3. The van der Waals surface area contributed by atoms with Gasteiger partial charge in [0.15, 0.2) is 0 Å². The largest absolute Gasteiger partial charge is 0.416 e. The molecule has 1 heterocycles. The Labute approximate surface area is 131 Å². The van der Waals surface area contributed by atoms with Crippen LogP contribution in [0, 0.1) is 0 Å². The fourth-order valence-corrected chi connectivity index (χ4v) is 2.25. The SMILES string of the molecule is FC(F)(F)c1ccc(-c2ccccn2)c(Nc2ccccc2)c1. The zero-order valence-electron chi connectivity index (χ0n) is 12.0. The van der Waals surface area contributed by atoms with Gasteiger partial charge in [-0.2, -0.15) is 13.2 Å². The number of pyridine rings is 1. The molecule has 0 atom stereocenters. The Kier molecular flexibility index (Phi) is 4.02. The van der Waals surface area contributed by atoms with Gasteiger partial charge in [0.2, 0.25) is 0 Å². The number of nitrogens with one attached hydrogen (secondary N) is 1. The first-order chi connectivity index (χ1) is 11.0. The number of para-hydroxylation sites is 1. The van der Waals surface area contributed by atoms with Crippen LogP contribution in [0.25, 0.3) is 11.3 Å². The first-order valence-corrected chi connectivity index (χ1v) is 6.99. The summed E-state index contributed by atoms with van der Waals surface area (Å²) in [7, 11) is 0. The molecule has 0 unspecified atom stereocenters. The summed E-state index contributed by atoms with van der Waals surface area (Å²) in [5, 5.41) is 3.04. The van der Waals surface area contributed by atoms with Crippen molar-refractivity contribution in [2.24, 2.45) is 0 Å². The van der Waals surface area contributed by atoms with Crippen molar-refractivity contribution in [1.29, 1.82) is 0 Å². The van der Waals surface area contributed by atoms with Gasteiger partial charge >= 0.3 is 6.18 Å². The van der Waals surface area contributed by atoms with Crippen LogP contribution in [0.2, 0.25) is 0 Å². The number of hydrogen-bond donors (Lipinski definition) is 1. The lowest BCUT2D eigenvalue weighted by Gasteiger charge is -2.15. The summed E-state index contributed by atoms with van der Waals surface area (Å²) < 4.78 is 39.0. The van der Waals surface area contributed by atoms with Gasteiger partial charge in [-0.3, -0.25) is 4.98 Å². The van der Waals surface area contributed by atoms with E-state index in [2.05, 4.69) is 10.3 Å². The van der Waals surface area contributed by atoms with E-state index in [0.29, 0.717) is 22.6 Å². The van der Waals surface area contributed by atoms with Crippen molar-refractivity contribution in [3.8, 4) is 11.3 Å². The average Bonchev–Trinajstić information content (AvgIpc) is 2.56. The van der Waals surface area contributed by atoms with Gasteiger partial charge in [0.25, 0.3) is 0 Å². The van der Waals surface area contributed by atoms with Crippen LogP contribution in [0.5, 0.6) is 0 Å². The lowest BCUT2D eigenvalue weighted by Crippen LogP contribution is -2.06. The van der Waals surface area contributed by atoms with Gasteiger partial charge in [0.1, 0.15) is 0 Å². The number of benzene rings is 2. The molecule has 2 nitrogen and oxygen atoms in total. The van der Waals surface area contributed by atoms with Gasteiger partial charge in [-0.1, -0.05) is 30.3 Å². The van der Waals surface area contributed by atoms with Crippen molar-refractivity contribution in [3.63, 3.8) is 0 Å². The number of anilines is 2.